The maximum absolute atomic E-state index is 9.19. The lowest BCUT2D eigenvalue weighted by Gasteiger charge is -2.40. The molecule has 0 unspecified atom stereocenters. The number of pyridine rings is 1. The van der Waals surface area contributed by atoms with Gasteiger partial charge in [-0.25, -0.2) is 15.0 Å². The number of rotatable bonds is 6. The summed E-state index contributed by atoms with van der Waals surface area (Å²) in [5.74, 6) is 2.15. The van der Waals surface area contributed by atoms with Crippen LogP contribution < -0.4 is 15.5 Å². The molecule has 34 heavy (non-hydrogen) atoms. The summed E-state index contributed by atoms with van der Waals surface area (Å²) in [6.07, 6.45) is 12.3. The fourth-order valence-corrected chi connectivity index (χ4v) is 4.91. The van der Waals surface area contributed by atoms with Crippen LogP contribution in [0.5, 0.6) is 0 Å². The Morgan fingerprint density at radius 2 is 1.88 bits per heavy atom. The topological polar surface area (TPSA) is 129 Å². The van der Waals surface area contributed by atoms with Crippen LogP contribution in [0.15, 0.2) is 35.2 Å². The average Bonchev–Trinajstić information content (AvgIpc) is 3.32. The molecule has 2 fully saturated rings. The smallest absolute Gasteiger partial charge is 0.240 e. The lowest BCUT2D eigenvalue weighted by Crippen LogP contribution is -2.55. The fraction of sp³-hybridized carbons (Fsp3) is 0.500. The second-order valence-electron chi connectivity index (χ2n) is 9.04. The number of piperidine rings is 1. The Labute approximate surface area is 198 Å². The first-order valence-corrected chi connectivity index (χ1v) is 11.9. The van der Waals surface area contributed by atoms with E-state index in [1.165, 1.54) is 12.8 Å². The summed E-state index contributed by atoms with van der Waals surface area (Å²) < 4.78 is 5.03. The SMILES string of the molecule is Cc1nc(-c2ncc(N3CCC[C@H](N[C@@H]4CCCC[C@H]4Nc4cc(C#N)ccn4)C3)cn2)no1. The normalized spacial score (nSPS) is 22.8. The third-order valence-electron chi connectivity index (χ3n) is 6.59. The third kappa shape index (κ3) is 5.15. The van der Waals surface area contributed by atoms with Gasteiger partial charge in [-0.3, -0.25) is 0 Å². The number of hydrogen-bond donors (Lipinski definition) is 2. The number of anilines is 2. The molecule has 10 nitrogen and oxygen atoms in total. The predicted molar refractivity (Wildman–Crippen MR) is 127 cm³/mol. The van der Waals surface area contributed by atoms with E-state index in [1.807, 2.05) is 18.5 Å². The van der Waals surface area contributed by atoms with Crippen LogP contribution in [0.25, 0.3) is 11.6 Å². The standard InChI is InChI=1S/C24H29N9O/c1-16-29-24(32-34-16)23-27-13-19(14-28-23)33-10-4-5-18(15-33)30-20-6-2-3-7-21(20)31-22-11-17(12-25)8-9-26-22/h8-9,11,13-14,18,20-21,30H,2-7,10,15H2,1H3,(H,26,31)/t18-,20+,21+/m0/s1. The van der Waals surface area contributed by atoms with Crippen molar-refractivity contribution in [2.24, 2.45) is 0 Å². The Hall–Kier alpha value is -3.58. The van der Waals surface area contributed by atoms with Gasteiger partial charge in [-0.05, 0) is 37.8 Å². The van der Waals surface area contributed by atoms with Crippen LogP contribution >= 0.6 is 0 Å². The van der Waals surface area contributed by atoms with Crippen molar-refractivity contribution >= 4 is 11.5 Å². The van der Waals surface area contributed by atoms with Crippen LogP contribution in [-0.2, 0) is 0 Å². The lowest BCUT2D eigenvalue weighted by atomic mass is 9.89. The Kier molecular flexibility index (Phi) is 6.62. The molecule has 0 aromatic carbocycles. The van der Waals surface area contributed by atoms with E-state index in [2.05, 4.69) is 46.7 Å². The van der Waals surface area contributed by atoms with Crippen LogP contribution in [0.1, 0.15) is 50.0 Å². The Balaban J connectivity index is 1.22. The molecule has 0 bridgehead atoms. The molecule has 3 aromatic heterocycles. The van der Waals surface area contributed by atoms with Gasteiger partial charge in [0.05, 0.1) is 29.7 Å². The van der Waals surface area contributed by atoms with Gasteiger partial charge < -0.3 is 20.1 Å². The zero-order chi connectivity index (χ0) is 23.3. The van der Waals surface area contributed by atoms with Crippen LogP contribution in [0.4, 0.5) is 11.5 Å². The maximum Gasteiger partial charge on any atom is 0.240 e. The van der Waals surface area contributed by atoms with Crippen molar-refractivity contribution in [3.8, 4) is 17.7 Å². The minimum atomic E-state index is 0.298. The first-order valence-electron chi connectivity index (χ1n) is 11.9. The van der Waals surface area contributed by atoms with Crippen LogP contribution in [0, 0.1) is 18.3 Å². The van der Waals surface area contributed by atoms with Gasteiger partial charge in [0, 0.05) is 44.3 Å². The summed E-state index contributed by atoms with van der Waals surface area (Å²) in [4.78, 5) is 19.9. The molecule has 10 heteroatoms. The van der Waals surface area contributed by atoms with Crippen molar-refractivity contribution in [1.29, 1.82) is 5.26 Å². The number of nitriles is 1. The van der Waals surface area contributed by atoms with E-state index in [9.17, 15) is 5.26 Å². The van der Waals surface area contributed by atoms with E-state index in [0.29, 0.717) is 41.2 Å². The zero-order valence-electron chi connectivity index (χ0n) is 19.3. The second-order valence-corrected chi connectivity index (χ2v) is 9.04. The molecule has 4 heterocycles. The van der Waals surface area contributed by atoms with Gasteiger partial charge in [0.15, 0.2) is 0 Å². The highest BCUT2D eigenvalue weighted by molar-refractivity contribution is 5.49. The van der Waals surface area contributed by atoms with Gasteiger partial charge in [-0.1, -0.05) is 18.0 Å². The molecule has 176 valence electrons. The fourth-order valence-electron chi connectivity index (χ4n) is 4.91. The Morgan fingerprint density at radius 3 is 2.65 bits per heavy atom. The molecule has 3 atom stereocenters. The molecule has 1 aliphatic carbocycles. The summed E-state index contributed by atoms with van der Waals surface area (Å²) in [6.45, 7) is 3.65. The summed E-state index contributed by atoms with van der Waals surface area (Å²) in [6, 6.07) is 6.81. The van der Waals surface area contributed by atoms with Crippen molar-refractivity contribution < 1.29 is 4.52 Å². The molecular formula is C24H29N9O. The molecule has 0 radical (unpaired) electrons. The molecule has 0 spiro atoms. The quantitative estimate of drug-likeness (QED) is 0.567. The average molecular weight is 460 g/mol. The molecule has 2 aliphatic rings. The lowest BCUT2D eigenvalue weighted by molar-refractivity contribution is 0.293. The monoisotopic (exact) mass is 459 g/mol. The van der Waals surface area contributed by atoms with Gasteiger partial charge in [-0.2, -0.15) is 10.2 Å². The van der Waals surface area contributed by atoms with E-state index >= 15 is 0 Å². The van der Waals surface area contributed by atoms with Crippen molar-refractivity contribution in [1.82, 2.24) is 30.4 Å². The molecule has 0 amide bonds. The Morgan fingerprint density at radius 1 is 1.06 bits per heavy atom. The number of aryl methyl sites for hydroxylation is 1. The minimum absolute atomic E-state index is 0.298. The first kappa shape index (κ1) is 22.2. The van der Waals surface area contributed by atoms with E-state index < -0.39 is 0 Å². The predicted octanol–water partition coefficient (Wildman–Crippen LogP) is 3.08. The summed E-state index contributed by atoms with van der Waals surface area (Å²) >= 11 is 0. The molecule has 1 saturated carbocycles. The number of nitrogens with one attached hydrogen (secondary N) is 2. The first-order chi connectivity index (χ1) is 16.7. The molecule has 1 saturated heterocycles. The third-order valence-corrected chi connectivity index (χ3v) is 6.59. The van der Waals surface area contributed by atoms with Crippen molar-refractivity contribution in [3.63, 3.8) is 0 Å². The van der Waals surface area contributed by atoms with Crippen LogP contribution in [0.2, 0.25) is 0 Å². The van der Waals surface area contributed by atoms with Crippen molar-refractivity contribution in [2.45, 2.75) is 63.6 Å². The van der Waals surface area contributed by atoms with Gasteiger partial charge in [0.25, 0.3) is 0 Å². The number of nitrogens with zero attached hydrogens (tertiary/aromatic N) is 7. The van der Waals surface area contributed by atoms with Crippen LogP contribution in [-0.4, -0.2) is 56.3 Å². The Bertz CT molecular complexity index is 1140. The summed E-state index contributed by atoms with van der Waals surface area (Å²) in [7, 11) is 0. The van der Waals surface area contributed by atoms with Crippen LogP contribution in [0.3, 0.4) is 0 Å². The van der Waals surface area contributed by atoms with Gasteiger partial charge in [-0.15, -0.1) is 0 Å². The summed E-state index contributed by atoms with van der Waals surface area (Å²) in [5, 5.41) is 20.6. The highest BCUT2D eigenvalue weighted by Crippen LogP contribution is 2.25. The van der Waals surface area contributed by atoms with Gasteiger partial charge in [0.1, 0.15) is 5.82 Å². The number of hydrogen-bond acceptors (Lipinski definition) is 10. The number of aromatic nitrogens is 5. The zero-order valence-corrected chi connectivity index (χ0v) is 19.3. The molecule has 5 rings (SSSR count). The van der Waals surface area contributed by atoms with Crippen molar-refractivity contribution in [2.75, 3.05) is 23.3 Å². The molecular weight excluding hydrogens is 430 g/mol. The highest BCUT2D eigenvalue weighted by Gasteiger charge is 2.29. The largest absolute Gasteiger partial charge is 0.367 e. The molecule has 2 N–H and O–H groups in total. The van der Waals surface area contributed by atoms with Crippen molar-refractivity contribution in [3.05, 3.63) is 42.2 Å². The van der Waals surface area contributed by atoms with E-state index in [4.69, 9.17) is 4.52 Å². The minimum Gasteiger partial charge on any atom is -0.367 e. The van der Waals surface area contributed by atoms with Gasteiger partial charge in [0.2, 0.25) is 17.5 Å². The van der Waals surface area contributed by atoms with E-state index in [0.717, 1.165) is 50.3 Å². The maximum atomic E-state index is 9.19. The molecule has 1 aliphatic heterocycles. The van der Waals surface area contributed by atoms with E-state index in [1.54, 1.807) is 19.2 Å². The highest BCUT2D eigenvalue weighted by atomic mass is 16.5. The molecule has 3 aromatic rings. The summed E-state index contributed by atoms with van der Waals surface area (Å²) in [5.41, 5.74) is 1.63. The van der Waals surface area contributed by atoms with E-state index in [-0.39, 0.29) is 0 Å². The van der Waals surface area contributed by atoms with Gasteiger partial charge >= 0.3 is 0 Å². The second kappa shape index (κ2) is 10.1.